The van der Waals surface area contributed by atoms with E-state index in [4.69, 9.17) is 9.47 Å². The van der Waals surface area contributed by atoms with Crippen LogP contribution in [0.4, 0.5) is 0 Å². The third kappa shape index (κ3) is 3.51. The van der Waals surface area contributed by atoms with Crippen LogP contribution in [0.15, 0.2) is 35.2 Å². The summed E-state index contributed by atoms with van der Waals surface area (Å²) in [7, 11) is 3.27. The van der Waals surface area contributed by atoms with E-state index in [9.17, 15) is 5.26 Å². The molecule has 0 fully saturated rings. The molecule has 0 saturated carbocycles. The molecule has 134 valence electrons. The van der Waals surface area contributed by atoms with Gasteiger partial charge in [0.15, 0.2) is 11.5 Å². The van der Waals surface area contributed by atoms with E-state index in [2.05, 4.69) is 46.0 Å². The normalized spacial score (nSPS) is 17.7. The van der Waals surface area contributed by atoms with Gasteiger partial charge in [-0.15, -0.1) is 0 Å². The Morgan fingerprint density at radius 3 is 2.20 bits per heavy atom. The van der Waals surface area contributed by atoms with Crippen LogP contribution in [0, 0.1) is 29.1 Å². The molecular weight excluding hydrogens is 312 g/mol. The lowest BCUT2D eigenvalue weighted by molar-refractivity contribution is 0.355. The number of rotatable bonds is 5. The molecule has 1 unspecified atom stereocenters. The van der Waals surface area contributed by atoms with Crippen LogP contribution in [0.1, 0.15) is 40.2 Å². The number of nitrogens with zero attached hydrogens (tertiary/aromatic N) is 1. The maximum Gasteiger partial charge on any atom is 0.161 e. The molecule has 4 heteroatoms. The zero-order chi connectivity index (χ0) is 18.7. The summed E-state index contributed by atoms with van der Waals surface area (Å²) in [5, 5.41) is 13.3. The van der Waals surface area contributed by atoms with Gasteiger partial charge in [0.25, 0.3) is 0 Å². The van der Waals surface area contributed by atoms with E-state index in [0.717, 1.165) is 28.1 Å². The molecule has 1 N–H and O–H groups in total. The Morgan fingerprint density at radius 2 is 1.72 bits per heavy atom. The minimum Gasteiger partial charge on any atom is -0.493 e. The lowest BCUT2D eigenvalue weighted by atomic mass is 9.75. The summed E-state index contributed by atoms with van der Waals surface area (Å²) in [5.41, 5.74) is 5.16. The van der Waals surface area contributed by atoms with Gasteiger partial charge in [-0.25, -0.2) is 0 Å². The van der Waals surface area contributed by atoms with Gasteiger partial charge < -0.3 is 14.8 Å². The molecule has 1 aliphatic rings. The Bertz CT molecular complexity index is 752. The van der Waals surface area contributed by atoms with Crippen molar-refractivity contribution in [3.8, 4) is 17.6 Å². The van der Waals surface area contributed by atoms with E-state index >= 15 is 0 Å². The highest BCUT2D eigenvalue weighted by Gasteiger charge is 2.33. The summed E-state index contributed by atoms with van der Waals surface area (Å²) in [6.45, 7) is 10.6. The first kappa shape index (κ1) is 18.9. The molecule has 25 heavy (non-hydrogen) atoms. The smallest absolute Gasteiger partial charge is 0.161 e. The van der Waals surface area contributed by atoms with Crippen LogP contribution >= 0.6 is 0 Å². The molecule has 0 aromatic heterocycles. The van der Waals surface area contributed by atoms with Crippen molar-refractivity contribution in [1.29, 1.82) is 5.26 Å². The summed E-state index contributed by atoms with van der Waals surface area (Å²) in [6.07, 6.45) is 0. The lowest BCUT2D eigenvalue weighted by Crippen LogP contribution is -2.30. The Balaban J connectivity index is 2.64. The predicted octanol–water partition coefficient (Wildman–Crippen LogP) is 4.74. The number of hydrogen-bond donors (Lipinski definition) is 1. The average Bonchev–Trinajstić information content (AvgIpc) is 2.59. The highest BCUT2D eigenvalue weighted by molar-refractivity contribution is 5.77. The Hall–Kier alpha value is -2.41. The van der Waals surface area contributed by atoms with Gasteiger partial charge in [-0.3, -0.25) is 0 Å². The highest BCUT2D eigenvalue weighted by atomic mass is 16.5. The fraction of sp³-hybridized carbons (Fsp3) is 0.476. The van der Waals surface area contributed by atoms with Crippen molar-refractivity contribution in [2.45, 2.75) is 34.6 Å². The molecule has 0 saturated heterocycles. The van der Waals surface area contributed by atoms with Crippen molar-refractivity contribution in [3.63, 3.8) is 0 Å². The standard InChI is InChI=1S/C21H28N2O2/c1-12(2)19-16(11-22)21(13(3)4)23-14(5)20(19)15-8-9-17(24-6)18(10-15)25-7/h8-10,12-13,19,23H,1-7H3. The largest absolute Gasteiger partial charge is 0.493 e. The van der Waals surface area contributed by atoms with E-state index in [1.807, 2.05) is 18.2 Å². The van der Waals surface area contributed by atoms with Crippen LogP contribution in [-0.2, 0) is 0 Å². The minimum atomic E-state index is 0.0572. The molecule has 0 radical (unpaired) electrons. The molecule has 1 atom stereocenters. The predicted molar refractivity (Wildman–Crippen MR) is 101 cm³/mol. The number of hydrogen-bond acceptors (Lipinski definition) is 4. The topological polar surface area (TPSA) is 54.3 Å². The third-order valence-electron chi connectivity index (χ3n) is 4.70. The lowest BCUT2D eigenvalue weighted by Gasteiger charge is -2.34. The number of methoxy groups -OCH3 is 2. The van der Waals surface area contributed by atoms with Gasteiger partial charge in [0.2, 0.25) is 0 Å². The highest BCUT2D eigenvalue weighted by Crippen LogP contribution is 2.43. The number of allylic oxidation sites excluding steroid dienone is 4. The Kier molecular flexibility index (Phi) is 5.79. The van der Waals surface area contributed by atoms with Crippen LogP contribution < -0.4 is 14.8 Å². The number of ether oxygens (including phenoxy) is 2. The molecular formula is C21H28N2O2. The summed E-state index contributed by atoms with van der Waals surface area (Å²) in [6, 6.07) is 8.41. The first-order chi connectivity index (χ1) is 11.8. The van der Waals surface area contributed by atoms with E-state index in [-0.39, 0.29) is 11.8 Å². The molecule has 1 aromatic carbocycles. The summed E-state index contributed by atoms with van der Waals surface area (Å²) in [4.78, 5) is 0. The van der Waals surface area contributed by atoms with Crippen molar-refractivity contribution in [1.82, 2.24) is 5.32 Å². The van der Waals surface area contributed by atoms with Gasteiger partial charge in [-0.1, -0.05) is 33.8 Å². The van der Waals surface area contributed by atoms with Crippen LogP contribution in [0.25, 0.3) is 5.57 Å². The first-order valence-electron chi connectivity index (χ1n) is 8.70. The van der Waals surface area contributed by atoms with Crippen LogP contribution in [0.2, 0.25) is 0 Å². The van der Waals surface area contributed by atoms with E-state index < -0.39 is 0 Å². The molecule has 4 nitrogen and oxygen atoms in total. The second kappa shape index (κ2) is 7.65. The van der Waals surface area contributed by atoms with Gasteiger partial charge in [0, 0.05) is 17.3 Å². The van der Waals surface area contributed by atoms with Gasteiger partial charge >= 0.3 is 0 Å². The Labute approximate surface area is 151 Å². The molecule has 0 spiro atoms. The quantitative estimate of drug-likeness (QED) is 0.841. The van der Waals surface area contributed by atoms with Crippen molar-refractivity contribution < 1.29 is 9.47 Å². The first-order valence-corrected chi connectivity index (χ1v) is 8.70. The Morgan fingerprint density at radius 1 is 1.08 bits per heavy atom. The molecule has 0 aliphatic carbocycles. The van der Waals surface area contributed by atoms with Crippen molar-refractivity contribution in [3.05, 3.63) is 40.7 Å². The number of nitriles is 1. The van der Waals surface area contributed by atoms with Gasteiger partial charge in [0.05, 0.1) is 25.9 Å². The van der Waals surface area contributed by atoms with Gasteiger partial charge in [-0.05, 0) is 42.0 Å². The summed E-state index contributed by atoms with van der Waals surface area (Å²) < 4.78 is 10.8. The maximum atomic E-state index is 9.85. The van der Waals surface area contributed by atoms with Crippen molar-refractivity contribution >= 4 is 5.57 Å². The maximum absolute atomic E-state index is 9.85. The van der Waals surface area contributed by atoms with Gasteiger partial charge in [-0.2, -0.15) is 5.26 Å². The number of nitrogens with one attached hydrogen (secondary N) is 1. The molecule has 2 rings (SSSR count). The van der Waals surface area contributed by atoms with E-state index in [1.54, 1.807) is 14.2 Å². The SMILES string of the molecule is COc1ccc(C2=C(C)NC(C(C)C)=C(C#N)C2C(C)C)cc1OC. The van der Waals surface area contributed by atoms with Crippen LogP contribution in [0.5, 0.6) is 11.5 Å². The summed E-state index contributed by atoms with van der Waals surface area (Å²) in [5.74, 6) is 2.04. The van der Waals surface area contributed by atoms with Gasteiger partial charge in [0.1, 0.15) is 0 Å². The summed E-state index contributed by atoms with van der Waals surface area (Å²) >= 11 is 0. The fourth-order valence-corrected chi connectivity index (χ4v) is 3.53. The molecule has 0 amide bonds. The van der Waals surface area contributed by atoms with Crippen molar-refractivity contribution in [2.24, 2.45) is 17.8 Å². The van der Waals surface area contributed by atoms with Crippen LogP contribution in [0.3, 0.4) is 0 Å². The van der Waals surface area contributed by atoms with Crippen molar-refractivity contribution in [2.75, 3.05) is 14.2 Å². The molecule has 1 aliphatic heterocycles. The fourth-order valence-electron chi connectivity index (χ4n) is 3.53. The third-order valence-corrected chi connectivity index (χ3v) is 4.70. The minimum absolute atomic E-state index is 0.0572. The second-order valence-corrected chi connectivity index (χ2v) is 7.05. The zero-order valence-electron chi connectivity index (χ0n) is 16.2. The number of benzene rings is 1. The van der Waals surface area contributed by atoms with Crippen LogP contribution in [-0.4, -0.2) is 14.2 Å². The molecule has 1 aromatic rings. The second-order valence-electron chi connectivity index (χ2n) is 7.05. The van der Waals surface area contributed by atoms with E-state index in [0.29, 0.717) is 17.4 Å². The monoisotopic (exact) mass is 340 g/mol. The molecule has 0 bridgehead atoms. The van der Waals surface area contributed by atoms with E-state index in [1.165, 1.54) is 0 Å². The molecule has 1 heterocycles. The average molecular weight is 340 g/mol. The zero-order valence-corrected chi connectivity index (χ0v) is 16.2. The number of dihydropyridines is 1.